The summed E-state index contributed by atoms with van der Waals surface area (Å²) in [6, 6.07) is 12.7. The first kappa shape index (κ1) is 12.6. The van der Waals surface area contributed by atoms with Crippen molar-refractivity contribution in [3.8, 4) is 0 Å². The molecule has 0 saturated heterocycles. The molecule has 0 saturated carbocycles. The average Bonchev–Trinajstić information content (AvgIpc) is 2.37. The van der Waals surface area contributed by atoms with Gasteiger partial charge in [0.15, 0.2) is 0 Å². The molecule has 2 aromatic rings. The molecule has 0 heterocycles. The van der Waals surface area contributed by atoms with Gasteiger partial charge in [0.1, 0.15) is 0 Å². The van der Waals surface area contributed by atoms with Crippen LogP contribution in [0.5, 0.6) is 0 Å². The molecule has 18 heavy (non-hydrogen) atoms. The summed E-state index contributed by atoms with van der Waals surface area (Å²) in [5.74, 6) is 0.713. The summed E-state index contributed by atoms with van der Waals surface area (Å²) in [5.41, 5.74) is 0. The zero-order valence-electron chi connectivity index (χ0n) is 11.2. The Bertz CT molecular complexity index is 660. The molecule has 0 amide bonds. The molecular formula is C18H20. The van der Waals surface area contributed by atoms with Gasteiger partial charge >= 0.3 is 0 Å². The van der Waals surface area contributed by atoms with E-state index < -0.39 is 0 Å². The van der Waals surface area contributed by atoms with Crippen molar-refractivity contribution in [2.75, 3.05) is 0 Å². The van der Waals surface area contributed by atoms with Crippen LogP contribution in [0.1, 0.15) is 20.3 Å². The predicted octanol–water partition coefficient (Wildman–Crippen LogP) is 3.63. The van der Waals surface area contributed by atoms with Crippen molar-refractivity contribution in [2.45, 2.75) is 20.3 Å². The molecule has 0 aliphatic rings. The molecule has 2 rings (SSSR count). The number of hydrogen-bond donors (Lipinski definition) is 0. The monoisotopic (exact) mass is 236 g/mol. The Kier molecular flexibility index (Phi) is 3.99. The average molecular weight is 236 g/mol. The Balaban J connectivity index is 2.40. The smallest absolute Gasteiger partial charge is 0.0111 e. The molecule has 0 radical (unpaired) electrons. The van der Waals surface area contributed by atoms with Crippen LogP contribution >= 0.6 is 0 Å². The van der Waals surface area contributed by atoms with Crippen LogP contribution in [0.3, 0.4) is 0 Å². The van der Waals surface area contributed by atoms with Gasteiger partial charge in [-0.2, -0.15) is 0 Å². The van der Waals surface area contributed by atoms with Crippen LogP contribution in [0, 0.1) is 5.92 Å². The molecule has 0 heteroatoms. The van der Waals surface area contributed by atoms with E-state index >= 15 is 0 Å². The largest absolute Gasteiger partial charge is 0.0905 e. The van der Waals surface area contributed by atoms with Crippen LogP contribution in [-0.2, 0) is 0 Å². The molecule has 0 fully saturated rings. The zero-order chi connectivity index (χ0) is 13.0. The van der Waals surface area contributed by atoms with Crippen LogP contribution in [0.2, 0.25) is 0 Å². The molecule has 0 aliphatic carbocycles. The Labute approximate surface area is 109 Å². The van der Waals surface area contributed by atoms with E-state index in [0.717, 1.165) is 11.6 Å². The molecule has 0 spiro atoms. The Morgan fingerprint density at radius 3 is 2.67 bits per heavy atom. The Hall–Kier alpha value is -1.82. The van der Waals surface area contributed by atoms with E-state index in [4.69, 9.17) is 0 Å². The first-order valence-corrected chi connectivity index (χ1v) is 6.52. The van der Waals surface area contributed by atoms with Gasteiger partial charge in [0.05, 0.1) is 0 Å². The Morgan fingerprint density at radius 2 is 1.89 bits per heavy atom. The van der Waals surface area contributed by atoms with Crippen molar-refractivity contribution >= 4 is 23.4 Å². The zero-order valence-corrected chi connectivity index (χ0v) is 11.2. The van der Waals surface area contributed by atoms with E-state index in [-0.39, 0.29) is 0 Å². The van der Waals surface area contributed by atoms with Crippen molar-refractivity contribution in [1.82, 2.24) is 0 Å². The second-order valence-electron chi connectivity index (χ2n) is 5.08. The highest BCUT2D eigenvalue weighted by molar-refractivity contribution is 5.83. The second-order valence-corrected chi connectivity index (χ2v) is 5.08. The van der Waals surface area contributed by atoms with Gasteiger partial charge in [-0.15, -0.1) is 0 Å². The van der Waals surface area contributed by atoms with E-state index in [9.17, 15) is 0 Å². The third-order valence-corrected chi connectivity index (χ3v) is 3.10. The van der Waals surface area contributed by atoms with Crippen molar-refractivity contribution in [1.29, 1.82) is 0 Å². The molecular weight excluding hydrogens is 216 g/mol. The van der Waals surface area contributed by atoms with E-state index in [2.05, 4.69) is 75.1 Å². The molecule has 0 N–H and O–H groups in total. The standard InChI is InChI=1S/C18H20/c1-14(2)8-4-5-9-16-12-13-17-10-6-7-11-18(17)15(16)3/h4-7,9-14H,3,8H2,1-2H3/b5-4-,16-9-. The lowest BCUT2D eigenvalue weighted by Crippen LogP contribution is -2.22. The highest BCUT2D eigenvalue weighted by Gasteiger charge is 1.92. The number of rotatable bonds is 3. The fraction of sp³-hybridized carbons (Fsp3) is 0.222. The lowest BCUT2D eigenvalue weighted by atomic mass is 10.1. The van der Waals surface area contributed by atoms with Crippen LogP contribution in [0.25, 0.3) is 23.4 Å². The van der Waals surface area contributed by atoms with E-state index in [0.29, 0.717) is 5.92 Å². The molecule has 0 aliphatic heterocycles. The van der Waals surface area contributed by atoms with Gasteiger partial charge in [-0.1, -0.05) is 75.1 Å². The Morgan fingerprint density at radius 1 is 1.11 bits per heavy atom. The third kappa shape index (κ3) is 2.89. The third-order valence-electron chi connectivity index (χ3n) is 3.10. The molecule has 0 atom stereocenters. The topological polar surface area (TPSA) is 0 Å². The fourth-order valence-electron chi connectivity index (χ4n) is 2.03. The highest BCUT2D eigenvalue weighted by atomic mass is 14.0. The van der Waals surface area contributed by atoms with Crippen LogP contribution in [0.4, 0.5) is 0 Å². The SMILES string of the molecule is C=c1/c(=C\C=C/CC(C)C)ccc2ccccc12. The summed E-state index contributed by atoms with van der Waals surface area (Å²) in [4.78, 5) is 0. The van der Waals surface area contributed by atoms with E-state index in [1.165, 1.54) is 16.0 Å². The second kappa shape index (κ2) is 5.68. The molecule has 0 bridgehead atoms. The first-order valence-electron chi connectivity index (χ1n) is 6.52. The highest BCUT2D eigenvalue weighted by Crippen LogP contribution is 2.06. The lowest BCUT2D eigenvalue weighted by Gasteiger charge is -1.98. The molecule has 2 aromatic carbocycles. The van der Waals surface area contributed by atoms with Gasteiger partial charge in [-0.3, -0.25) is 0 Å². The van der Waals surface area contributed by atoms with E-state index in [1.807, 2.05) is 0 Å². The molecule has 92 valence electrons. The quantitative estimate of drug-likeness (QED) is 0.763. The number of benzene rings is 2. The molecule has 0 unspecified atom stereocenters. The molecule has 0 aromatic heterocycles. The maximum atomic E-state index is 4.20. The normalized spacial score (nSPS) is 12.9. The van der Waals surface area contributed by atoms with Gasteiger partial charge in [-0.25, -0.2) is 0 Å². The van der Waals surface area contributed by atoms with Crippen molar-refractivity contribution in [3.63, 3.8) is 0 Å². The van der Waals surface area contributed by atoms with Gasteiger partial charge in [0.25, 0.3) is 0 Å². The van der Waals surface area contributed by atoms with Crippen molar-refractivity contribution in [3.05, 3.63) is 59.0 Å². The number of hydrogen-bond acceptors (Lipinski definition) is 0. The number of allylic oxidation sites excluding steroid dienone is 2. The molecule has 0 nitrogen and oxygen atoms in total. The summed E-state index contributed by atoms with van der Waals surface area (Å²) in [6.45, 7) is 8.66. The van der Waals surface area contributed by atoms with E-state index in [1.54, 1.807) is 0 Å². The summed E-state index contributed by atoms with van der Waals surface area (Å²) in [7, 11) is 0. The minimum Gasteiger partial charge on any atom is -0.0905 e. The van der Waals surface area contributed by atoms with Gasteiger partial charge < -0.3 is 0 Å². The fourth-order valence-corrected chi connectivity index (χ4v) is 2.03. The van der Waals surface area contributed by atoms with Crippen LogP contribution in [-0.4, -0.2) is 0 Å². The minimum absolute atomic E-state index is 0.713. The summed E-state index contributed by atoms with van der Waals surface area (Å²) in [6.07, 6.45) is 7.63. The van der Waals surface area contributed by atoms with Gasteiger partial charge in [0.2, 0.25) is 0 Å². The minimum atomic E-state index is 0.713. The van der Waals surface area contributed by atoms with Gasteiger partial charge in [0, 0.05) is 0 Å². The van der Waals surface area contributed by atoms with Gasteiger partial charge in [-0.05, 0) is 33.5 Å². The lowest BCUT2D eigenvalue weighted by molar-refractivity contribution is 0.664. The summed E-state index contributed by atoms with van der Waals surface area (Å²) >= 11 is 0. The van der Waals surface area contributed by atoms with Crippen LogP contribution in [0.15, 0.2) is 48.6 Å². The summed E-state index contributed by atoms with van der Waals surface area (Å²) < 4.78 is 0. The maximum Gasteiger partial charge on any atom is -0.0111 e. The first-order chi connectivity index (χ1) is 8.68. The predicted molar refractivity (Wildman–Crippen MR) is 81.8 cm³/mol. The maximum absolute atomic E-state index is 4.20. The van der Waals surface area contributed by atoms with Crippen LogP contribution < -0.4 is 10.4 Å². The number of fused-ring (bicyclic) bond motifs is 1. The van der Waals surface area contributed by atoms with Crippen molar-refractivity contribution in [2.24, 2.45) is 5.92 Å². The van der Waals surface area contributed by atoms with Crippen molar-refractivity contribution < 1.29 is 0 Å². The summed E-state index contributed by atoms with van der Waals surface area (Å²) in [5, 5.41) is 4.81.